The predicted octanol–water partition coefficient (Wildman–Crippen LogP) is 2.92. The molecule has 0 aliphatic heterocycles. The summed E-state index contributed by atoms with van der Waals surface area (Å²) in [6.45, 7) is 7.39. The summed E-state index contributed by atoms with van der Waals surface area (Å²) in [5.74, 6) is 2.49. The monoisotopic (exact) mass is 258 g/mol. The Hall–Kier alpha value is -1.84. The van der Waals surface area contributed by atoms with Crippen molar-refractivity contribution >= 4 is 5.69 Å². The van der Waals surface area contributed by atoms with E-state index in [2.05, 4.69) is 40.7 Å². The van der Waals surface area contributed by atoms with Gasteiger partial charge in [0.1, 0.15) is 11.6 Å². The van der Waals surface area contributed by atoms with Gasteiger partial charge < -0.3 is 10.3 Å². The van der Waals surface area contributed by atoms with Crippen molar-refractivity contribution in [2.24, 2.45) is 0 Å². The second-order valence-corrected chi connectivity index (χ2v) is 5.09. The van der Waals surface area contributed by atoms with Crippen LogP contribution in [0.5, 0.6) is 0 Å². The number of aromatic nitrogens is 3. The second-order valence-electron chi connectivity index (χ2n) is 5.09. The zero-order valence-electron chi connectivity index (χ0n) is 11.9. The Morgan fingerprint density at radius 3 is 2.53 bits per heavy atom. The third kappa shape index (κ3) is 3.13. The highest BCUT2D eigenvalue weighted by Crippen LogP contribution is 2.21. The molecule has 4 heteroatoms. The van der Waals surface area contributed by atoms with E-state index in [4.69, 9.17) is 5.73 Å². The minimum absolute atomic E-state index is 0.416. The van der Waals surface area contributed by atoms with E-state index in [-0.39, 0.29) is 0 Å². The van der Waals surface area contributed by atoms with Gasteiger partial charge >= 0.3 is 0 Å². The third-order valence-corrected chi connectivity index (χ3v) is 3.45. The maximum Gasteiger partial charge on any atom is 0.133 e. The molecule has 1 atom stereocenters. The van der Waals surface area contributed by atoms with Crippen molar-refractivity contribution in [2.75, 3.05) is 5.73 Å². The minimum Gasteiger partial charge on any atom is -0.399 e. The molecule has 4 nitrogen and oxygen atoms in total. The molecule has 2 N–H and O–H groups in total. The largest absolute Gasteiger partial charge is 0.399 e. The molecule has 1 aromatic carbocycles. The summed E-state index contributed by atoms with van der Waals surface area (Å²) >= 11 is 0. The average molecular weight is 258 g/mol. The number of anilines is 1. The summed E-state index contributed by atoms with van der Waals surface area (Å²) in [7, 11) is 0. The molecule has 0 radical (unpaired) electrons. The lowest BCUT2D eigenvalue weighted by molar-refractivity contribution is 0.597. The minimum atomic E-state index is 0.416. The molecule has 2 rings (SSSR count). The number of benzene rings is 1. The summed E-state index contributed by atoms with van der Waals surface area (Å²) in [6.07, 6.45) is 2.01. The first-order valence-corrected chi connectivity index (χ1v) is 6.86. The molecule has 0 bridgehead atoms. The molecule has 1 heterocycles. The van der Waals surface area contributed by atoms with Crippen molar-refractivity contribution < 1.29 is 0 Å². The number of hydrogen-bond donors (Lipinski definition) is 1. The normalized spacial score (nSPS) is 12.6. The first-order valence-electron chi connectivity index (χ1n) is 6.86. The van der Waals surface area contributed by atoms with E-state index in [1.165, 1.54) is 5.56 Å². The second kappa shape index (κ2) is 5.87. The van der Waals surface area contributed by atoms with Gasteiger partial charge in [-0.2, -0.15) is 0 Å². The van der Waals surface area contributed by atoms with Gasteiger partial charge in [-0.1, -0.05) is 26.0 Å². The molecule has 19 heavy (non-hydrogen) atoms. The van der Waals surface area contributed by atoms with Gasteiger partial charge in [0.15, 0.2) is 0 Å². The van der Waals surface area contributed by atoms with Gasteiger partial charge in [-0.25, -0.2) is 0 Å². The predicted molar refractivity (Wildman–Crippen MR) is 78.0 cm³/mol. The van der Waals surface area contributed by atoms with Crippen LogP contribution in [0, 0.1) is 6.92 Å². The van der Waals surface area contributed by atoms with Gasteiger partial charge in [0.2, 0.25) is 0 Å². The highest BCUT2D eigenvalue weighted by Gasteiger charge is 2.13. The number of rotatable bonds is 5. The molecule has 0 saturated carbocycles. The van der Waals surface area contributed by atoms with Crippen LogP contribution in [-0.4, -0.2) is 14.8 Å². The summed E-state index contributed by atoms with van der Waals surface area (Å²) < 4.78 is 2.22. The Balaban J connectivity index is 2.14. The Labute approximate surface area is 114 Å². The van der Waals surface area contributed by atoms with Crippen LogP contribution in [0.2, 0.25) is 0 Å². The van der Waals surface area contributed by atoms with Crippen molar-refractivity contribution in [1.29, 1.82) is 0 Å². The fraction of sp³-hybridized carbons (Fsp3) is 0.467. The van der Waals surface area contributed by atoms with E-state index in [1.807, 2.05) is 19.1 Å². The molecule has 0 spiro atoms. The molecule has 102 valence electrons. The lowest BCUT2D eigenvalue weighted by Crippen LogP contribution is -2.09. The Kier molecular flexibility index (Phi) is 4.20. The van der Waals surface area contributed by atoms with E-state index < -0.39 is 0 Å². The van der Waals surface area contributed by atoms with E-state index in [0.29, 0.717) is 5.92 Å². The van der Waals surface area contributed by atoms with Gasteiger partial charge in [-0.05, 0) is 37.0 Å². The summed E-state index contributed by atoms with van der Waals surface area (Å²) in [4.78, 5) is 0. The van der Waals surface area contributed by atoms with E-state index in [1.54, 1.807) is 0 Å². The average Bonchev–Trinajstić information content (AvgIpc) is 2.73. The van der Waals surface area contributed by atoms with E-state index in [9.17, 15) is 0 Å². The molecule has 1 aromatic heterocycles. The van der Waals surface area contributed by atoms with Gasteiger partial charge in [-0.3, -0.25) is 0 Å². The zero-order chi connectivity index (χ0) is 13.8. The molecule has 0 aliphatic carbocycles. The number of hydrogen-bond acceptors (Lipinski definition) is 3. The van der Waals surface area contributed by atoms with Crippen LogP contribution >= 0.6 is 0 Å². The van der Waals surface area contributed by atoms with Gasteiger partial charge in [0.25, 0.3) is 0 Å². The van der Waals surface area contributed by atoms with Crippen LogP contribution in [0.1, 0.15) is 43.4 Å². The summed E-state index contributed by atoms with van der Waals surface area (Å²) in [5, 5.41) is 8.49. The summed E-state index contributed by atoms with van der Waals surface area (Å²) in [5.41, 5.74) is 7.82. The molecule has 0 saturated heterocycles. The Morgan fingerprint density at radius 1 is 1.21 bits per heavy atom. The van der Waals surface area contributed by atoms with Crippen molar-refractivity contribution in [3.05, 3.63) is 41.5 Å². The van der Waals surface area contributed by atoms with Gasteiger partial charge in [-0.15, -0.1) is 10.2 Å². The quantitative estimate of drug-likeness (QED) is 0.839. The lowest BCUT2D eigenvalue weighted by Gasteiger charge is -2.13. The molecule has 1 unspecified atom stereocenters. The first kappa shape index (κ1) is 13.6. The Morgan fingerprint density at radius 2 is 1.89 bits per heavy atom. The van der Waals surface area contributed by atoms with Gasteiger partial charge in [0, 0.05) is 18.7 Å². The SMILES string of the molecule is CCCn1c(C)nnc1CC(C)c1ccc(N)cc1. The highest BCUT2D eigenvalue weighted by molar-refractivity contribution is 5.40. The van der Waals surface area contributed by atoms with Crippen LogP contribution in [0.3, 0.4) is 0 Å². The van der Waals surface area contributed by atoms with Crippen molar-refractivity contribution in [3.63, 3.8) is 0 Å². The van der Waals surface area contributed by atoms with Crippen molar-refractivity contribution in [2.45, 2.75) is 46.1 Å². The van der Waals surface area contributed by atoms with Crippen LogP contribution in [0.15, 0.2) is 24.3 Å². The smallest absolute Gasteiger partial charge is 0.133 e. The summed E-state index contributed by atoms with van der Waals surface area (Å²) in [6, 6.07) is 8.09. The van der Waals surface area contributed by atoms with Crippen molar-refractivity contribution in [1.82, 2.24) is 14.8 Å². The van der Waals surface area contributed by atoms with Crippen molar-refractivity contribution in [3.8, 4) is 0 Å². The van der Waals surface area contributed by atoms with Crippen LogP contribution in [-0.2, 0) is 13.0 Å². The lowest BCUT2D eigenvalue weighted by atomic mass is 9.97. The van der Waals surface area contributed by atoms with Crippen LogP contribution in [0.4, 0.5) is 5.69 Å². The molecular weight excluding hydrogens is 236 g/mol. The van der Waals surface area contributed by atoms with Gasteiger partial charge in [0.05, 0.1) is 0 Å². The number of nitrogen functional groups attached to an aromatic ring is 1. The number of aryl methyl sites for hydroxylation is 1. The van der Waals surface area contributed by atoms with E-state index in [0.717, 1.165) is 36.7 Å². The Bertz CT molecular complexity index is 528. The molecule has 2 aromatic rings. The molecule has 0 aliphatic rings. The standard InChI is InChI=1S/C15H22N4/c1-4-9-19-12(3)17-18-15(19)10-11(2)13-5-7-14(16)8-6-13/h5-8,11H,4,9-10,16H2,1-3H3. The number of nitrogens with two attached hydrogens (primary N) is 1. The zero-order valence-corrected chi connectivity index (χ0v) is 11.9. The fourth-order valence-corrected chi connectivity index (χ4v) is 2.31. The fourth-order valence-electron chi connectivity index (χ4n) is 2.31. The first-order chi connectivity index (χ1) is 9.11. The maximum absolute atomic E-state index is 5.72. The topological polar surface area (TPSA) is 56.7 Å². The van der Waals surface area contributed by atoms with E-state index >= 15 is 0 Å². The maximum atomic E-state index is 5.72. The van der Waals surface area contributed by atoms with Crippen LogP contribution < -0.4 is 5.73 Å². The third-order valence-electron chi connectivity index (χ3n) is 3.45. The molecule has 0 amide bonds. The molecule has 0 fully saturated rings. The van der Waals surface area contributed by atoms with Crippen LogP contribution in [0.25, 0.3) is 0 Å². The highest BCUT2D eigenvalue weighted by atomic mass is 15.3. The molecular formula is C15H22N4. The number of nitrogens with zero attached hydrogens (tertiary/aromatic N) is 3.